The van der Waals surface area contributed by atoms with E-state index in [9.17, 15) is 5.11 Å². The largest absolute Gasteiger partial charge is 0.507 e. The molecule has 15 heavy (non-hydrogen) atoms. The minimum absolute atomic E-state index is 0.288. The summed E-state index contributed by atoms with van der Waals surface area (Å²) in [5, 5.41) is 10.1. The highest BCUT2D eigenvalue weighted by atomic mass is 16.5. The van der Waals surface area contributed by atoms with Crippen molar-refractivity contribution in [3.8, 4) is 11.5 Å². The van der Waals surface area contributed by atoms with E-state index >= 15 is 0 Å². The molecule has 0 spiro atoms. The third-order valence-corrected chi connectivity index (χ3v) is 3.31. The molecule has 0 saturated heterocycles. The summed E-state index contributed by atoms with van der Waals surface area (Å²) >= 11 is 0. The zero-order valence-corrected chi connectivity index (χ0v) is 9.21. The molecule has 2 rings (SSSR count). The number of methoxy groups -OCH3 is 1. The van der Waals surface area contributed by atoms with Crippen LogP contribution in [0.2, 0.25) is 0 Å². The number of ether oxygens (including phenoxy) is 1. The van der Waals surface area contributed by atoms with Gasteiger partial charge >= 0.3 is 0 Å². The van der Waals surface area contributed by atoms with Gasteiger partial charge in [-0.05, 0) is 37.8 Å². The highest BCUT2D eigenvalue weighted by molar-refractivity contribution is 5.53. The second kappa shape index (κ2) is 3.42. The maximum absolute atomic E-state index is 10.1. The van der Waals surface area contributed by atoms with E-state index in [1.807, 2.05) is 19.1 Å². The molecule has 82 valence electrons. The molecule has 3 heteroatoms. The van der Waals surface area contributed by atoms with E-state index in [-0.39, 0.29) is 11.3 Å². The Balaban J connectivity index is 2.56. The summed E-state index contributed by atoms with van der Waals surface area (Å²) < 4.78 is 5.26. The van der Waals surface area contributed by atoms with Crippen LogP contribution < -0.4 is 10.5 Å². The van der Waals surface area contributed by atoms with Crippen molar-refractivity contribution >= 4 is 0 Å². The summed E-state index contributed by atoms with van der Waals surface area (Å²) in [6.07, 6.45) is 2.95. The van der Waals surface area contributed by atoms with Crippen LogP contribution in [0.3, 0.4) is 0 Å². The van der Waals surface area contributed by atoms with Crippen LogP contribution in [0.4, 0.5) is 0 Å². The summed E-state index contributed by atoms with van der Waals surface area (Å²) in [6, 6.07) is 3.72. The molecule has 1 aliphatic rings. The molecule has 0 heterocycles. The lowest BCUT2D eigenvalue weighted by Crippen LogP contribution is -2.43. The number of hydrogen-bond acceptors (Lipinski definition) is 3. The fraction of sp³-hybridized carbons (Fsp3) is 0.500. The molecule has 1 aliphatic carbocycles. The normalized spacial score (nSPS) is 18.3. The number of hydrogen-bond donors (Lipinski definition) is 2. The van der Waals surface area contributed by atoms with Gasteiger partial charge in [0.1, 0.15) is 11.5 Å². The quantitative estimate of drug-likeness (QED) is 0.780. The van der Waals surface area contributed by atoms with Crippen molar-refractivity contribution in [2.75, 3.05) is 7.11 Å². The van der Waals surface area contributed by atoms with Gasteiger partial charge in [0.05, 0.1) is 12.7 Å². The Labute approximate surface area is 89.9 Å². The molecule has 1 fully saturated rings. The van der Waals surface area contributed by atoms with E-state index < -0.39 is 0 Å². The standard InChI is InChI=1S/C12H17NO2/c1-8-4-5-9(15-2)10(11(8)14)12(13)6-3-7-12/h4-5,14H,3,6-7,13H2,1-2H3. The molecule has 1 saturated carbocycles. The van der Waals surface area contributed by atoms with E-state index in [1.54, 1.807) is 7.11 Å². The Morgan fingerprint density at radius 1 is 1.40 bits per heavy atom. The molecule has 0 unspecified atom stereocenters. The minimum Gasteiger partial charge on any atom is -0.507 e. The van der Waals surface area contributed by atoms with Crippen molar-refractivity contribution in [3.05, 3.63) is 23.3 Å². The summed E-state index contributed by atoms with van der Waals surface area (Å²) in [7, 11) is 1.61. The van der Waals surface area contributed by atoms with E-state index in [2.05, 4.69) is 0 Å². The van der Waals surface area contributed by atoms with Gasteiger partial charge in [0.2, 0.25) is 0 Å². The van der Waals surface area contributed by atoms with Crippen LogP contribution in [0.15, 0.2) is 12.1 Å². The van der Waals surface area contributed by atoms with Gasteiger partial charge in [-0.25, -0.2) is 0 Å². The lowest BCUT2D eigenvalue weighted by Gasteiger charge is -2.39. The second-order valence-electron chi connectivity index (χ2n) is 4.32. The van der Waals surface area contributed by atoms with Crippen LogP contribution >= 0.6 is 0 Å². The number of aromatic hydroxyl groups is 1. The topological polar surface area (TPSA) is 55.5 Å². The number of nitrogens with two attached hydrogens (primary N) is 1. The summed E-state index contributed by atoms with van der Waals surface area (Å²) in [5.74, 6) is 0.983. The van der Waals surface area contributed by atoms with Crippen LogP contribution in [0.1, 0.15) is 30.4 Å². The van der Waals surface area contributed by atoms with Gasteiger partial charge in [-0.1, -0.05) is 6.07 Å². The van der Waals surface area contributed by atoms with Crippen LogP contribution in [0.5, 0.6) is 11.5 Å². The van der Waals surface area contributed by atoms with Crippen molar-refractivity contribution in [2.45, 2.75) is 31.7 Å². The molecular weight excluding hydrogens is 190 g/mol. The van der Waals surface area contributed by atoms with Crippen molar-refractivity contribution in [3.63, 3.8) is 0 Å². The fourth-order valence-corrected chi connectivity index (χ4v) is 2.14. The van der Waals surface area contributed by atoms with E-state index in [1.165, 1.54) is 0 Å². The first-order valence-electron chi connectivity index (χ1n) is 5.24. The predicted octanol–water partition coefficient (Wildman–Crippen LogP) is 2.05. The van der Waals surface area contributed by atoms with Gasteiger partial charge in [-0.3, -0.25) is 0 Å². The molecule has 0 atom stereocenters. The molecule has 0 aliphatic heterocycles. The van der Waals surface area contributed by atoms with E-state index in [4.69, 9.17) is 10.5 Å². The third kappa shape index (κ3) is 1.47. The Morgan fingerprint density at radius 2 is 2.07 bits per heavy atom. The van der Waals surface area contributed by atoms with Crippen LogP contribution in [0, 0.1) is 6.92 Å². The zero-order chi connectivity index (χ0) is 11.1. The maximum atomic E-state index is 10.1. The highest BCUT2D eigenvalue weighted by Gasteiger charge is 2.39. The molecule has 3 nitrogen and oxygen atoms in total. The lowest BCUT2D eigenvalue weighted by atomic mass is 9.71. The van der Waals surface area contributed by atoms with Gasteiger partial charge in [0.25, 0.3) is 0 Å². The monoisotopic (exact) mass is 207 g/mol. The van der Waals surface area contributed by atoms with Crippen LogP contribution in [-0.2, 0) is 5.54 Å². The highest BCUT2D eigenvalue weighted by Crippen LogP contribution is 2.47. The van der Waals surface area contributed by atoms with E-state index in [0.717, 1.165) is 30.4 Å². The van der Waals surface area contributed by atoms with Crippen molar-refractivity contribution in [2.24, 2.45) is 5.73 Å². The van der Waals surface area contributed by atoms with Crippen LogP contribution in [0.25, 0.3) is 0 Å². The first-order valence-corrected chi connectivity index (χ1v) is 5.24. The first-order chi connectivity index (χ1) is 7.08. The molecule has 1 aromatic carbocycles. The van der Waals surface area contributed by atoms with Gasteiger partial charge < -0.3 is 15.6 Å². The van der Waals surface area contributed by atoms with E-state index in [0.29, 0.717) is 5.75 Å². The third-order valence-electron chi connectivity index (χ3n) is 3.31. The predicted molar refractivity (Wildman–Crippen MR) is 59.1 cm³/mol. The Bertz CT molecular complexity index is 383. The number of phenolic OH excluding ortho intramolecular Hbond substituents is 1. The van der Waals surface area contributed by atoms with Gasteiger partial charge in [-0.2, -0.15) is 0 Å². The first kappa shape index (κ1) is 10.3. The van der Waals surface area contributed by atoms with Crippen LogP contribution in [-0.4, -0.2) is 12.2 Å². The molecule has 0 aromatic heterocycles. The lowest BCUT2D eigenvalue weighted by molar-refractivity contribution is 0.235. The summed E-state index contributed by atoms with van der Waals surface area (Å²) in [5.41, 5.74) is 7.47. The number of rotatable bonds is 2. The second-order valence-corrected chi connectivity index (χ2v) is 4.32. The SMILES string of the molecule is COc1ccc(C)c(O)c1C1(N)CCC1. The van der Waals surface area contributed by atoms with Crippen molar-refractivity contribution in [1.82, 2.24) is 0 Å². The van der Waals surface area contributed by atoms with Crippen molar-refractivity contribution < 1.29 is 9.84 Å². The molecule has 3 N–H and O–H groups in total. The fourth-order valence-electron chi connectivity index (χ4n) is 2.14. The van der Waals surface area contributed by atoms with Gasteiger partial charge in [0, 0.05) is 5.54 Å². The average Bonchev–Trinajstić information content (AvgIpc) is 2.18. The zero-order valence-electron chi connectivity index (χ0n) is 9.21. The number of aryl methyl sites for hydroxylation is 1. The average molecular weight is 207 g/mol. The molecule has 0 amide bonds. The molecule has 0 radical (unpaired) electrons. The Morgan fingerprint density at radius 3 is 2.53 bits per heavy atom. The summed E-state index contributed by atoms with van der Waals surface area (Å²) in [6.45, 7) is 1.88. The molecule has 0 bridgehead atoms. The molecular formula is C12H17NO2. The Kier molecular flexibility index (Phi) is 2.35. The molecule has 1 aromatic rings. The van der Waals surface area contributed by atoms with Gasteiger partial charge in [-0.15, -0.1) is 0 Å². The summed E-state index contributed by atoms with van der Waals surface area (Å²) in [4.78, 5) is 0. The van der Waals surface area contributed by atoms with Gasteiger partial charge in [0.15, 0.2) is 0 Å². The minimum atomic E-state index is -0.387. The number of phenols is 1. The smallest absolute Gasteiger partial charge is 0.127 e. The Hall–Kier alpha value is -1.22. The van der Waals surface area contributed by atoms with Crippen molar-refractivity contribution in [1.29, 1.82) is 0 Å². The maximum Gasteiger partial charge on any atom is 0.127 e. The number of benzene rings is 1.